The Balaban J connectivity index is 2.83. The van der Waals surface area contributed by atoms with Gasteiger partial charge in [0.15, 0.2) is 0 Å². The van der Waals surface area contributed by atoms with Crippen molar-refractivity contribution < 1.29 is 14.0 Å². The molecule has 0 rings (SSSR count). The second kappa shape index (κ2) is 3.22. The lowest BCUT2D eigenvalue weighted by Gasteiger charge is -1.68. The van der Waals surface area contributed by atoms with Gasteiger partial charge in [0.1, 0.15) is 6.61 Å². The molecule has 4 heteroatoms. The van der Waals surface area contributed by atoms with Crippen molar-refractivity contribution >= 4 is 8.25 Å². The molecule has 0 fully saturated rings. The molecule has 0 spiro atoms. The first-order chi connectivity index (χ1) is 2.77. The Morgan fingerprint density at radius 3 is 2.50 bits per heavy atom. The van der Waals surface area contributed by atoms with E-state index in [0.717, 1.165) is 0 Å². The minimum Gasteiger partial charge on any atom is -0.133 e. The Bertz CT molecular complexity index is 52.8. The van der Waals surface area contributed by atoms with Crippen LogP contribution in [-0.4, -0.2) is 11.5 Å². The van der Waals surface area contributed by atoms with Crippen molar-refractivity contribution in [2.24, 2.45) is 0 Å². The molecule has 0 saturated carbocycles. The van der Waals surface area contributed by atoms with Crippen LogP contribution in [0, 0.1) is 0 Å². The van der Waals surface area contributed by atoms with Crippen LogP contribution in [0.25, 0.3) is 0 Å². The highest BCUT2D eigenvalue weighted by Crippen LogP contribution is 2.12. The molecule has 36 valence electrons. The third kappa shape index (κ3) is 4.02. The normalized spacial score (nSPS) is 11.3. The van der Waals surface area contributed by atoms with Gasteiger partial charge < -0.3 is 0 Å². The van der Waals surface area contributed by atoms with Crippen molar-refractivity contribution in [3.05, 3.63) is 0 Å². The summed E-state index contributed by atoms with van der Waals surface area (Å²) in [6.45, 7) is 1.95. The Labute approximate surface area is 36.9 Å². The smallest absolute Gasteiger partial charge is 0.133 e. The van der Waals surface area contributed by atoms with Gasteiger partial charge in [-0.3, -0.25) is 0 Å². The largest absolute Gasteiger partial charge is 0.694 e. The molecule has 1 unspecified atom stereocenters. The maximum Gasteiger partial charge on any atom is 0.694 e. The molecule has 0 amide bonds. The summed E-state index contributed by atoms with van der Waals surface area (Å²) in [6, 6.07) is 0. The molecule has 6 heavy (non-hydrogen) atoms. The molecule has 0 heterocycles. The van der Waals surface area contributed by atoms with E-state index in [0.29, 0.717) is 6.61 Å². The van der Waals surface area contributed by atoms with Gasteiger partial charge in [0.25, 0.3) is 0 Å². The third-order valence-electron chi connectivity index (χ3n) is 0.240. The van der Waals surface area contributed by atoms with Crippen LogP contribution in [-0.2, 0) is 9.09 Å². The van der Waals surface area contributed by atoms with E-state index in [9.17, 15) is 4.57 Å². The number of hydrogen-bond donors (Lipinski definition) is 1. The predicted molar refractivity (Wildman–Crippen MR) is 21.5 cm³/mol. The molecule has 1 atom stereocenters. The van der Waals surface area contributed by atoms with Crippen LogP contribution in [0.1, 0.15) is 6.92 Å². The summed E-state index contributed by atoms with van der Waals surface area (Å²) >= 11 is 0. The van der Waals surface area contributed by atoms with Crippen molar-refractivity contribution in [1.29, 1.82) is 0 Å². The highest BCUT2D eigenvalue weighted by molar-refractivity contribution is 7.32. The highest BCUT2D eigenvalue weighted by Gasteiger charge is 2.06. The summed E-state index contributed by atoms with van der Waals surface area (Å²) in [6.07, 6.45) is 0. The number of rotatable bonds is 2. The molecular weight excluding hydrogens is 103 g/mol. The Morgan fingerprint density at radius 2 is 2.50 bits per heavy atom. The summed E-state index contributed by atoms with van der Waals surface area (Å²) in [5.41, 5.74) is 0. The van der Waals surface area contributed by atoms with Crippen molar-refractivity contribution in [1.82, 2.24) is 0 Å². The summed E-state index contributed by atoms with van der Waals surface area (Å²) in [5, 5.41) is 0. The van der Waals surface area contributed by atoms with Gasteiger partial charge in [0, 0.05) is 4.57 Å². The van der Waals surface area contributed by atoms with Crippen LogP contribution in [0.5, 0.6) is 0 Å². The van der Waals surface area contributed by atoms with Gasteiger partial charge in [-0.15, -0.1) is 9.42 Å². The zero-order valence-electron chi connectivity index (χ0n) is 3.42. The Hall–Kier alpha value is 0.0200. The van der Waals surface area contributed by atoms with Crippen LogP contribution in [0.3, 0.4) is 0 Å². The van der Waals surface area contributed by atoms with E-state index in [1.807, 2.05) is 0 Å². The maximum atomic E-state index is 9.53. The molecule has 3 nitrogen and oxygen atoms in total. The minimum absolute atomic E-state index is 0.297. The second-order valence-electron chi connectivity index (χ2n) is 0.656. The van der Waals surface area contributed by atoms with Gasteiger partial charge in [-0.2, -0.15) is 0 Å². The van der Waals surface area contributed by atoms with E-state index >= 15 is 0 Å². The van der Waals surface area contributed by atoms with Crippen LogP contribution in [0.4, 0.5) is 0 Å². The lowest BCUT2D eigenvalue weighted by atomic mass is 10.9. The summed E-state index contributed by atoms with van der Waals surface area (Å²) in [5.74, 6) is 0. The lowest BCUT2D eigenvalue weighted by Crippen LogP contribution is -1.72. The van der Waals surface area contributed by atoms with Crippen LogP contribution < -0.4 is 0 Å². The maximum absolute atomic E-state index is 9.53. The zero-order valence-corrected chi connectivity index (χ0v) is 4.31. The van der Waals surface area contributed by atoms with E-state index in [2.05, 4.69) is 4.52 Å². The quantitative estimate of drug-likeness (QED) is 0.530. The molecule has 0 saturated heterocycles. The van der Waals surface area contributed by atoms with E-state index in [1.54, 1.807) is 6.92 Å². The average Bonchev–Trinajstić information content (AvgIpc) is 1.35. The van der Waals surface area contributed by atoms with E-state index in [4.69, 9.17) is 4.89 Å². The minimum atomic E-state index is -2.35. The SMILES string of the molecule is CCO[P+](=O)O. The molecule has 0 aliphatic carbocycles. The predicted octanol–water partition coefficient (Wildman–Crippen LogP) is 0.673. The average molecular weight is 109 g/mol. The molecular formula is C2H6O3P+. The van der Waals surface area contributed by atoms with E-state index < -0.39 is 8.25 Å². The van der Waals surface area contributed by atoms with Crippen LogP contribution in [0.15, 0.2) is 0 Å². The molecule has 0 aliphatic heterocycles. The fourth-order valence-corrected chi connectivity index (χ4v) is 0.331. The van der Waals surface area contributed by atoms with Gasteiger partial charge >= 0.3 is 8.25 Å². The van der Waals surface area contributed by atoms with Gasteiger partial charge in [-0.1, -0.05) is 0 Å². The first-order valence-electron chi connectivity index (χ1n) is 1.56. The zero-order chi connectivity index (χ0) is 4.99. The van der Waals surface area contributed by atoms with Crippen molar-refractivity contribution in [2.45, 2.75) is 6.92 Å². The Morgan fingerprint density at radius 1 is 2.00 bits per heavy atom. The van der Waals surface area contributed by atoms with Gasteiger partial charge in [-0.05, 0) is 6.92 Å². The van der Waals surface area contributed by atoms with Crippen molar-refractivity contribution in [2.75, 3.05) is 6.61 Å². The van der Waals surface area contributed by atoms with Crippen molar-refractivity contribution in [3.8, 4) is 0 Å². The topological polar surface area (TPSA) is 46.5 Å². The number of hydrogen-bond acceptors (Lipinski definition) is 2. The molecule has 0 aromatic carbocycles. The second-order valence-corrected chi connectivity index (χ2v) is 1.39. The summed E-state index contributed by atoms with van der Waals surface area (Å²) in [4.78, 5) is 7.84. The molecule has 0 aliphatic rings. The molecule has 0 radical (unpaired) electrons. The summed E-state index contributed by atoms with van der Waals surface area (Å²) < 4.78 is 13.6. The fourth-order valence-electron chi connectivity index (χ4n) is 0.110. The van der Waals surface area contributed by atoms with E-state index in [1.165, 1.54) is 0 Å². The highest BCUT2D eigenvalue weighted by atomic mass is 31.1. The standard InChI is InChI=1S/C2H5O3P/c1-2-5-6(3)4/h2H2,1H3/p+1. The van der Waals surface area contributed by atoms with Gasteiger partial charge in [0.2, 0.25) is 0 Å². The molecule has 0 aromatic heterocycles. The van der Waals surface area contributed by atoms with Crippen LogP contribution >= 0.6 is 8.25 Å². The first kappa shape index (κ1) is 6.02. The van der Waals surface area contributed by atoms with Gasteiger partial charge in [0.05, 0.1) is 0 Å². The molecule has 0 aromatic rings. The summed E-state index contributed by atoms with van der Waals surface area (Å²) in [7, 11) is -2.35. The first-order valence-corrected chi connectivity index (χ1v) is 2.69. The van der Waals surface area contributed by atoms with Gasteiger partial charge in [-0.25, -0.2) is 0 Å². The molecule has 1 N–H and O–H groups in total. The molecule has 0 bridgehead atoms. The Kier molecular flexibility index (Phi) is 3.23. The van der Waals surface area contributed by atoms with Crippen LogP contribution in [0.2, 0.25) is 0 Å². The third-order valence-corrected chi connectivity index (χ3v) is 0.719. The van der Waals surface area contributed by atoms with Crippen molar-refractivity contribution in [3.63, 3.8) is 0 Å². The fraction of sp³-hybridized carbons (Fsp3) is 1.00. The van der Waals surface area contributed by atoms with E-state index in [-0.39, 0.29) is 0 Å². The monoisotopic (exact) mass is 109 g/mol. The lowest BCUT2D eigenvalue weighted by molar-refractivity contribution is 0.297.